The predicted octanol–water partition coefficient (Wildman–Crippen LogP) is 2.14. The van der Waals surface area contributed by atoms with Crippen molar-refractivity contribution in [2.24, 2.45) is 5.92 Å². The first kappa shape index (κ1) is 17.8. The van der Waals surface area contributed by atoms with Gasteiger partial charge >= 0.3 is 5.97 Å². The summed E-state index contributed by atoms with van der Waals surface area (Å²) in [5, 5.41) is 15.9. The third-order valence-electron chi connectivity index (χ3n) is 3.47. The molecule has 0 radical (unpaired) electrons. The summed E-state index contributed by atoms with van der Waals surface area (Å²) < 4.78 is 5.17. The second-order valence-electron chi connectivity index (χ2n) is 6.09. The van der Waals surface area contributed by atoms with Crippen molar-refractivity contribution >= 4 is 40.6 Å². The van der Waals surface area contributed by atoms with E-state index in [0.717, 1.165) is 0 Å². The molecule has 0 aromatic heterocycles. The highest BCUT2D eigenvalue weighted by atomic mass is 32.1. The number of hydrogen-bond acceptors (Lipinski definition) is 6. The molecule has 2 N–H and O–H groups in total. The topological polar surface area (TPSA) is 111 Å². The minimum atomic E-state index is -0.556. The number of nitrogens with zero attached hydrogens (tertiary/aromatic N) is 1. The summed E-state index contributed by atoms with van der Waals surface area (Å²) >= 11 is 5.02. The molecule has 1 aromatic carbocycles. The minimum Gasteiger partial charge on any atom is -0.459 e. The van der Waals surface area contributed by atoms with E-state index in [1.54, 1.807) is 13.8 Å². The number of hydrogen-bond donors (Lipinski definition) is 2. The Hall–Kier alpha value is -2.55. The number of cyclic esters (lactones) is 1. The van der Waals surface area contributed by atoms with E-state index < -0.39 is 22.3 Å². The number of nitro benzene ring substituents is 1. The normalized spacial score (nSPS) is 18.6. The summed E-state index contributed by atoms with van der Waals surface area (Å²) in [7, 11) is 0. The molecule has 8 nitrogen and oxygen atoms in total. The van der Waals surface area contributed by atoms with Gasteiger partial charge in [-0.2, -0.15) is 0 Å². The van der Waals surface area contributed by atoms with Gasteiger partial charge in [0, 0.05) is 30.7 Å². The molecule has 1 aliphatic rings. The van der Waals surface area contributed by atoms with Crippen molar-refractivity contribution in [3.63, 3.8) is 0 Å². The summed E-state index contributed by atoms with van der Waals surface area (Å²) in [6.07, 6.45) is 0.464. The average Bonchev–Trinajstić information content (AvgIpc) is 2.71. The number of esters is 1. The van der Waals surface area contributed by atoms with Gasteiger partial charge in [-0.05, 0) is 38.2 Å². The van der Waals surface area contributed by atoms with Crippen LogP contribution in [0.25, 0.3) is 0 Å². The van der Waals surface area contributed by atoms with Crippen LogP contribution in [0.15, 0.2) is 24.3 Å². The maximum atomic E-state index is 12.0. The lowest BCUT2D eigenvalue weighted by Crippen LogP contribution is -2.35. The Morgan fingerprint density at radius 2 is 2.04 bits per heavy atom. The number of amides is 1. The van der Waals surface area contributed by atoms with E-state index in [4.69, 9.17) is 17.0 Å². The number of nitro groups is 1. The number of anilines is 1. The largest absolute Gasteiger partial charge is 0.459 e. The van der Waals surface area contributed by atoms with Crippen LogP contribution in [0.1, 0.15) is 26.7 Å². The van der Waals surface area contributed by atoms with Crippen molar-refractivity contribution in [1.82, 2.24) is 5.32 Å². The van der Waals surface area contributed by atoms with Gasteiger partial charge in [0.25, 0.3) is 5.69 Å². The Labute approximate surface area is 143 Å². The summed E-state index contributed by atoms with van der Waals surface area (Å²) in [6.45, 7) is 3.59. The number of non-ortho nitro benzene ring substituents is 1. The van der Waals surface area contributed by atoms with E-state index in [2.05, 4.69) is 10.6 Å². The number of carbonyl (C=O) groups excluding carboxylic acids is 2. The third-order valence-corrected chi connectivity index (χ3v) is 3.67. The van der Waals surface area contributed by atoms with Gasteiger partial charge in [-0.1, -0.05) is 0 Å². The lowest BCUT2D eigenvalue weighted by atomic mass is 9.95. The molecule has 1 atom stereocenters. The molecular weight excluding hydrogens is 334 g/mol. The van der Waals surface area contributed by atoms with E-state index in [9.17, 15) is 19.7 Å². The number of thiocarbonyl (C=S) groups is 1. The van der Waals surface area contributed by atoms with Crippen molar-refractivity contribution in [1.29, 1.82) is 0 Å². The van der Waals surface area contributed by atoms with Crippen LogP contribution in [0.4, 0.5) is 11.4 Å². The first-order valence-electron chi connectivity index (χ1n) is 7.24. The van der Waals surface area contributed by atoms with Gasteiger partial charge in [-0.15, -0.1) is 0 Å². The van der Waals surface area contributed by atoms with Crippen molar-refractivity contribution in [2.75, 3.05) is 5.32 Å². The summed E-state index contributed by atoms with van der Waals surface area (Å²) in [5.74, 6) is -1.26. The highest BCUT2D eigenvalue weighted by Crippen LogP contribution is 2.32. The highest BCUT2D eigenvalue weighted by molar-refractivity contribution is 7.80. The average molecular weight is 351 g/mol. The van der Waals surface area contributed by atoms with Gasteiger partial charge in [-0.3, -0.25) is 19.7 Å². The van der Waals surface area contributed by atoms with E-state index >= 15 is 0 Å². The van der Waals surface area contributed by atoms with Crippen molar-refractivity contribution in [3.8, 4) is 0 Å². The molecule has 1 amide bonds. The van der Waals surface area contributed by atoms with E-state index in [-0.39, 0.29) is 23.2 Å². The molecule has 0 aliphatic carbocycles. The Bertz CT molecular complexity index is 687. The Morgan fingerprint density at radius 1 is 1.42 bits per heavy atom. The monoisotopic (exact) mass is 351 g/mol. The van der Waals surface area contributed by atoms with Gasteiger partial charge < -0.3 is 15.4 Å². The fraction of sp³-hybridized carbons (Fsp3) is 0.400. The molecule has 0 bridgehead atoms. The number of carbonyl (C=O) groups is 2. The molecule has 1 fully saturated rings. The standard InChI is InChI=1S/C15H17N3O5S/c1-15(2)8-9(13(20)23-15)7-12(19)17-14(24)16-10-3-5-11(6-4-10)18(21)22/h3-6,9H,7-8H2,1-2H3,(H2,16,17,19,24). The van der Waals surface area contributed by atoms with Crippen LogP contribution in [0.2, 0.25) is 0 Å². The SMILES string of the molecule is CC1(C)CC(CC(=O)NC(=S)Nc2ccc([N+](=O)[O-])cc2)C(=O)O1. The summed E-state index contributed by atoms with van der Waals surface area (Å²) in [4.78, 5) is 33.7. The van der Waals surface area contributed by atoms with Crippen LogP contribution in [0.5, 0.6) is 0 Å². The number of rotatable bonds is 4. The molecule has 24 heavy (non-hydrogen) atoms. The molecule has 1 heterocycles. The second kappa shape index (κ2) is 6.91. The number of nitrogens with one attached hydrogen (secondary N) is 2. The Morgan fingerprint density at radius 3 is 2.54 bits per heavy atom. The van der Waals surface area contributed by atoms with Crippen LogP contribution in [0.3, 0.4) is 0 Å². The molecule has 1 saturated heterocycles. The maximum absolute atomic E-state index is 12.0. The first-order valence-corrected chi connectivity index (χ1v) is 7.65. The molecule has 128 valence electrons. The molecule has 0 saturated carbocycles. The molecular formula is C15H17N3O5S. The van der Waals surface area contributed by atoms with Gasteiger partial charge in [-0.25, -0.2) is 0 Å². The zero-order valence-electron chi connectivity index (χ0n) is 13.2. The van der Waals surface area contributed by atoms with Gasteiger partial charge in [0.15, 0.2) is 5.11 Å². The van der Waals surface area contributed by atoms with Crippen LogP contribution in [0, 0.1) is 16.0 Å². The van der Waals surface area contributed by atoms with E-state index in [1.165, 1.54) is 24.3 Å². The van der Waals surface area contributed by atoms with E-state index in [1.807, 2.05) is 0 Å². The Balaban J connectivity index is 1.84. The van der Waals surface area contributed by atoms with Crippen molar-refractivity contribution < 1.29 is 19.2 Å². The lowest BCUT2D eigenvalue weighted by molar-refractivity contribution is -0.384. The molecule has 1 unspecified atom stereocenters. The second-order valence-corrected chi connectivity index (χ2v) is 6.50. The minimum absolute atomic E-state index is 0.00958. The zero-order valence-corrected chi connectivity index (χ0v) is 14.0. The van der Waals surface area contributed by atoms with Gasteiger partial charge in [0.05, 0.1) is 10.8 Å². The fourth-order valence-electron chi connectivity index (χ4n) is 2.46. The van der Waals surface area contributed by atoms with Crippen LogP contribution >= 0.6 is 12.2 Å². The first-order chi connectivity index (χ1) is 11.2. The molecule has 1 aliphatic heterocycles. The quantitative estimate of drug-likeness (QED) is 0.370. The van der Waals surface area contributed by atoms with E-state index in [0.29, 0.717) is 12.1 Å². The molecule has 9 heteroatoms. The Kier molecular flexibility index (Phi) is 5.13. The highest BCUT2D eigenvalue weighted by Gasteiger charge is 2.40. The maximum Gasteiger partial charge on any atom is 0.310 e. The van der Waals surface area contributed by atoms with Crippen molar-refractivity contribution in [2.45, 2.75) is 32.3 Å². The van der Waals surface area contributed by atoms with Crippen LogP contribution < -0.4 is 10.6 Å². The summed E-state index contributed by atoms with van der Waals surface area (Å²) in [6, 6.07) is 5.60. The van der Waals surface area contributed by atoms with Crippen LogP contribution in [-0.4, -0.2) is 27.5 Å². The smallest absolute Gasteiger partial charge is 0.310 e. The molecule has 0 spiro atoms. The number of ether oxygens (including phenoxy) is 1. The fourth-order valence-corrected chi connectivity index (χ4v) is 2.69. The predicted molar refractivity (Wildman–Crippen MR) is 90.4 cm³/mol. The van der Waals surface area contributed by atoms with Crippen LogP contribution in [-0.2, 0) is 14.3 Å². The molecule has 1 aromatic rings. The lowest BCUT2D eigenvalue weighted by Gasteiger charge is -2.14. The van der Waals surface area contributed by atoms with Crippen molar-refractivity contribution in [3.05, 3.63) is 34.4 Å². The van der Waals surface area contributed by atoms with Gasteiger partial charge in [0.1, 0.15) is 5.60 Å². The summed E-state index contributed by atoms with van der Waals surface area (Å²) in [5.41, 5.74) is -0.0929. The third kappa shape index (κ3) is 4.72. The molecule has 2 rings (SSSR count). The zero-order chi connectivity index (χ0) is 17.9. The number of benzene rings is 1. The van der Waals surface area contributed by atoms with Gasteiger partial charge in [0.2, 0.25) is 5.91 Å².